The Bertz CT molecular complexity index is 747. The Morgan fingerprint density at radius 3 is 2.50 bits per heavy atom. The van der Waals surface area contributed by atoms with E-state index in [1.54, 1.807) is 0 Å². The van der Waals surface area contributed by atoms with Crippen LogP contribution in [0.4, 0.5) is 0 Å². The highest BCUT2D eigenvalue weighted by Gasteiger charge is 2.15. The van der Waals surface area contributed by atoms with Crippen LogP contribution in [0.5, 0.6) is 0 Å². The van der Waals surface area contributed by atoms with Gasteiger partial charge >= 0.3 is 0 Å². The third-order valence-electron chi connectivity index (χ3n) is 3.15. The molecule has 0 amide bonds. The maximum atomic E-state index is 6.18. The van der Waals surface area contributed by atoms with Crippen molar-refractivity contribution in [3.63, 3.8) is 0 Å². The largest absolute Gasteiger partial charge is 0.441 e. The van der Waals surface area contributed by atoms with Crippen LogP contribution < -0.4 is 4.57 Å². The zero-order valence-electron chi connectivity index (χ0n) is 11.3. The summed E-state index contributed by atoms with van der Waals surface area (Å²) in [5.41, 5.74) is 2.69. The van der Waals surface area contributed by atoms with Gasteiger partial charge in [0.15, 0.2) is 12.4 Å². The lowest BCUT2D eigenvalue weighted by Crippen LogP contribution is -2.25. The number of aryl methyl sites for hydroxylation is 2. The minimum absolute atomic E-state index is 0.552. The summed E-state index contributed by atoms with van der Waals surface area (Å²) in [4.78, 5) is 4.58. The highest BCUT2D eigenvalue weighted by Crippen LogP contribution is 2.31. The van der Waals surface area contributed by atoms with E-state index in [9.17, 15) is 0 Å². The Morgan fingerprint density at radius 1 is 1.10 bits per heavy atom. The average molecular weight is 286 g/mol. The molecule has 0 N–H and O–H groups in total. The van der Waals surface area contributed by atoms with Gasteiger partial charge < -0.3 is 4.42 Å². The number of pyridine rings is 1. The number of hydrogen-bond donors (Lipinski definition) is 0. The van der Waals surface area contributed by atoms with E-state index in [2.05, 4.69) is 4.98 Å². The Hall–Kier alpha value is -2.13. The van der Waals surface area contributed by atoms with Gasteiger partial charge in [0.1, 0.15) is 18.5 Å². The van der Waals surface area contributed by atoms with Gasteiger partial charge in [-0.2, -0.15) is 0 Å². The van der Waals surface area contributed by atoms with E-state index in [0.29, 0.717) is 10.9 Å². The van der Waals surface area contributed by atoms with E-state index in [1.165, 1.54) is 0 Å². The average Bonchev–Trinajstić information content (AvgIpc) is 2.82. The molecule has 3 nitrogen and oxygen atoms in total. The normalized spacial score (nSPS) is 10.8. The van der Waals surface area contributed by atoms with Crippen LogP contribution in [0.15, 0.2) is 53.2 Å². The Morgan fingerprint density at radius 2 is 1.80 bits per heavy atom. The Kier molecular flexibility index (Phi) is 3.28. The standard InChI is InChI=1S/C16H14ClN2O/c1-11-15(12-7-9-19(2)10-8-12)18-16(20-11)13-5-3-4-6-14(13)17/h3-10H,1-2H3/q+1. The summed E-state index contributed by atoms with van der Waals surface area (Å²) in [6, 6.07) is 11.6. The molecule has 20 heavy (non-hydrogen) atoms. The third-order valence-corrected chi connectivity index (χ3v) is 3.48. The van der Waals surface area contributed by atoms with Crippen molar-refractivity contribution in [2.75, 3.05) is 0 Å². The SMILES string of the molecule is Cc1oc(-c2ccccc2Cl)nc1-c1cc[n+](C)cc1. The van der Waals surface area contributed by atoms with Crippen LogP contribution in [0.1, 0.15) is 5.76 Å². The monoisotopic (exact) mass is 285 g/mol. The van der Waals surface area contributed by atoms with Crippen LogP contribution >= 0.6 is 11.6 Å². The first kappa shape index (κ1) is 12.9. The van der Waals surface area contributed by atoms with Crippen molar-refractivity contribution in [2.24, 2.45) is 7.05 Å². The van der Waals surface area contributed by atoms with E-state index in [-0.39, 0.29) is 0 Å². The molecule has 2 aromatic heterocycles. The molecule has 0 aliphatic rings. The number of halogens is 1. The third kappa shape index (κ3) is 2.32. The zero-order valence-corrected chi connectivity index (χ0v) is 12.1. The summed E-state index contributed by atoms with van der Waals surface area (Å²) in [7, 11) is 1.98. The van der Waals surface area contributed by atoms with E-state index in [0.717, 1.165) is 22.6 Å². The molecule has 2 heterocycles. The molecule has 0 saturated heterocycles. The summed E-state index contributed by atoms with van der Waals surface area (Å²) in [5.74, 6) is 1.34. The van der Waals surface area contributed by atoms with Gasteiger partial charge in [-0.25, -0.2) is 9.55 Å². The van der Waals surface area contributed by atoms with Crippen molar-refractivity contribution in [3.8, 4) is 22.7 Å². The lowest BCUT2D eigenvalue weighted by atomic mass is 10.2. The number of aromatic nitrogens is 2. The Labute approximate surface area is 122 Å². The van der Waals surface area contributed by atoms with Crippen molar-refractivity contribution in [2.45, 2.75) is 6.92 Å². The second-order valence-electron chi connectivity index (χ2n) is 4.66. The maximum Gasteiger partial charge on any atom is 0.228 e. The highest BCUT2D eigenvalue weighted by atomic mass is 35.5. The lowest BCUT2D eigenvalue weighted by molar-refractivity contribution is -0.671. The topological polar surface area (TPSA) is 29.9 Å². The molecule has 4 heteroatoms. The second kappa shape index (κ2) is 5.10. The zero-order chi connectivity index (χ0) is 14.1. The van der Waals surface area contributed by atoms with E-state index < -0.39 is 0 Å². The minimum Gasteiger partial charge on any atom is -0.441 e. The molecule has 0 unspecified atom stereocenters. The van der Waals surface area contributed by atoms with Crippen LogP contribution in [0, 0.1) is 6.92 Å². The molecule has 0 saturated carbocycles. The molecule has 0 aliphatic carbocycles. The van der Waals surface area contributed by atoms with Gasteiger partial charge in [-0.1, -0.05) is 23.7 Å². The van der Waals surface area contributed by atoms with Crippen molar-refractivity contribution < 1.29 is 8.98 Å². The molecular formula is C16H14ClN2O+. The summed E-state index contributed by atoms with van der Waals surface area (Å²) in [6.07, 6.45) is 3.97. The van der Waals surface area contributed by atoms with Crippen LogP contribution in [0.25, 0.3) is 22.7 Å². The molecule has 0 fully saturated rings. The number of hydrogen-bond acceptors (Lipinski definition) is 2. The summed E-state index contributed by atoms with van der Waals surface area (Å²) >= 11 is 6.18. The highest BCUT2D eigenvalue weighted by molar-refractivity contribution is 6.33. The minimum atomic E-state index is 0.552. The predicted octanol–water partition coefficient (Wildman–Crippen LogP) is 3.79. The first-order valence-electron chi connectivity index (χ1n) is 6.33. The Balaban J connectivity index is 2.08. The van der Waals surface area contributed by atoms with Gasteiger partial charge in [0, 0.05) is 17.7 Å². The van der Waals surface area contributed by atoms with E-state index >= 15 is 0 Å². The van der Waals surface area contributed by atoms with Crippen molar-refractivity contribution in [3.05, 3.63) is 59.6 Å². The fourth-order valence-corrected chi connectivity index (χ4v) is 2.29. The van der Waals surface area contributed by atoms with Gasteiger partial charge in [0.25, 0.3) is 0 Å². The molecule has 3 aromatic rings. The number of oxazole rings is 1. The van der Waals surface area contributed by atoms with Crippen molar-refractivity contribution >= 4 is 11.6 Å². The van der Waals surface area contributed by atoms with Gasteiger partial charge in [-0.05, 0) is 19.1 Å². The van der Waals surface area contributed by atoms with E-state index in [4.69, 9.17) is 16.0 Å². The van der Waals surface area contributed by atoms with Gasteiger partial charge in [0.2, 0.25) is 5.89 Å². The molecule has 0 bridgehead atoms. The summed E-state index contributed by atoms with van der Waals surface area (Å²) in [6.45, 7) is 1.91. The second-order valence-corrected chi connectivity index (χ2v) is 5.06. The summed E-state index contributed by atoms with van der Waals surface area (Å²) in [5, 5.41) is 0.639. The first-order valence-corrected chi connectivity index (χ1v) is 6.71. The fourth-order valence-electron chi connectivity index (χ4n) is 2.07. The molecule has 0 radical (unpaired) electrons. The molecular weight excluding hydrogens is 272 g/mol. The van der Waals surface area contributed by atoms with Gasteiger partial charge in [0.05, 0.1) is 10.6 Å². The number of benzene rings is 1. The van der Waals surface area contributed by atoms with Crippen LogP contribution in [-0.2, 0) is 7.05 Å². The van der Waals surface area contributed by atoms with Crippen molar-refractivity contribution in [1.29, 1.82) is 0 Å². The molecule has 1 aromatic carbocycles. The quantitative estimate of drug-likeness (QED) is 0.671. The van der Waals surface area contributed by atoms with Crippen LogP contribution in [0.2, 0.25) is 5.02 Å². The smallest absolute Gasteiger partial charge is 0.228 e. The van der Waals surface area contributed by atoms with Crippen LogP contribution in [0.3, 0.4) is 0 Å². The predicted molar refractivity (Wildman–Crippen MR) is 78.3 cm³/mol. The maximum absolute atomic E-state index is 6.18. The molecule has 0 aliphatic heterocycles. The first-order chi connectivity index (χ1) is 9.65. The lowest BCUT2D eigenvalue weighted by Gasteiger charge is -1.97. The fraction of sp³-hybridized carbons (Fsp3) is 0.125. The molecule has 0 spiro atoms. The molecule has 3 rings (SSSR count). The number of rotatable bonds is 2. The molecule has 0 atom stereocenters. The van der Waals surface area contributed by atoms with Crippen molar-refractivity contribution in [1.82, 2.24) is 4.98 Å². The van der Waals surface area contributed by atoms with Crippen LogP contribution in [-0.4, -0.2) is 4.98 Å². The van der Waals surface area contributed by atoms with Gasteiger partial charge in [-0.3, -0.25) is 0 Å². The molecule has 100 valence electrons. The van der Waals surface area contributed by atoms with Gasteiger partial charge in [-0.15, -0.1) is 0 Å². The number of nitrogens with zero attached hydrogens (tertiary/aromatic N) is 2. The summed E-state index contributed by atoms with van der Waals surface area (Å²) < 4.78 is 7.74. The van der Waals surface area contributed by atoms with E-state index in [1.807, 2.05) is 67.3 Å².